The van der Waals surface area contributed by atoms with Crippen molar-refractivity contribution in [1.29, 1.82) is 0 Å². The summed E-state index contributed by atoms with van der Waals surface area (Å²) in [4.78, 5) is 27.8. The molecule has 1 unspecified atom stereocenters. The van der Waals surface area contributed by atoms with E-state index in [9.17, 15) is 14.7 Å². The number of carbonyl (C=O) groups is 2. The van der Waals surface area contributed by atoms with E-state index in [4.69, 9.17) is 0 Å². The Morgan fingerprint density at radius 2 is 1.35 bits per heavy atom. The number of anilines is 1. The summed E-state index contributed by atoms with van der Waals surface area (Å²) in [6, 6.07) is 15.1. The van der Waals surface area contributed by atoms with Crippen LogP contribution in [0.25, 0.3) is 0 Å². The van der Waals surface area contributed by atoms with Gasteiger partial charge in [-0.2, -0.15) is 0 Å². The van der Waals surface area contributed by atoms with Crippen molar-refractivity contribution in [1.82, 2.24) is 0 Å². The molecule has 1 heterocycles. The summed E-state index contributed by atoms with van der Waals surface area (Å²) in [6.45, 7) is 12.4. The smallest absolute Gasteiger partial charge is 0.294 e. The van der Waals surface area contributed by atoms with Gasteiger partial charge in [0.2, 0.25) is 0 Å². The van der Waals surface area contributed by atoms with Crippen molar-refractivity contribution in [3.63, 3.8) is 0 Å². The van der Waals surface area contributed by atoms with Gasteiger partial charge in [0.15, 0.2) is 11.5 Å². The monoisotopic (exact) mass is 419 g/mol. The third-order valence-electron chi connectivity index (χ3n) is 5.86. The number of benzene rings is 2. The summed E-state index contributed by atoms with van der Waals surface area (Å²) in [6.07, 6.45) is 0.285. The highest BCUT2D eigenvalue weighted by Crippen LogP contribution is 2.42. The fourth-order valence-corrected chi connectivity index (χ4v) is 4.04. The molecule has 1 aliphatic heterocycles. The minimum Gasteiger partial charge on any atom is -0.503 e. The summed E-state index contributed by atoms with van der Waals surface area (Å²) in [5.74, 6) is -0.257. The van der Waals surface area contributed by atoms with Gasteiger partial charge in [-0.1, -0.05) is 77.9 Å². The number of hydrogen-bond acceptors (Lipinski definition) is 3. The number of hydrogen-bond donors (Lipinski definition) is 1. The number of aliphatic hydroxyl groups is 1. The summed E-state index contributed by atoms with van der Waals surface area (Å²) in [5, 5.41) is 10.8. The first-order valence-corrected chi connectivity index (χ1v) is 11.1. The average Bonchev–Trinajstić information content (AvgIpc) is 2.98. The van der Waals surface area contributed by atoms with E-state index in [1.54, 1.807) is 4.90 Å². The van der Waals surface area contributed by atoms with Crippen molar-refractivity contribution in [2.75, 3.05) is 4.90 Å². The molecule has 0 radical (unpaired) electrons. The Hall–Kier alpha value is -2.88. The standard InChI is InChI=1S/C27H33NO3/c1-16(2)15-23(29)24-25(21-9-7-19(8-10-21)17(3)4)28(27(31)26(24)30)22-13-11-20(12-14-22)18(5)6/h7-14,16-18,25,30H,15H2,1-6H3. The van der Waals surface area contributed by atoms with Crippen molar-refractivity contribution in [2.45, 2.75) is 65.8 Å². The van der Waals surface area contributed by atoms with Crippen molar-refractivity contribution in [2.24, 2.45) is 5.92 Å². The van der Waals surface area contributed by atoms with Crippen LogP contribution >= 0.6 is 0 Å². The van der Waals surface area contributed by atoms with Crippen LogP contribution in [0, 0.1) is 5.92 Å². The average molecular weight is 420 g/mol. The van der Waals surface area contributed by atoms with Crippen LogP contribution in [0.3, 0.4) is 0 Å². The van der Waals surface area contributed by atoms with E-state index in [-0.39, 0.29) is 23.7 Å². The minimum absolute atomic E-state index is 0.131. The van der Waals surface area contributed by atoms with E-state index in [1.807, 2.05) is 62.4 Å². The Labute approximate surface area is 185 Å². The van der Waals surface area contributed by atoms with Gasteiger partial charge in [0.05, 0.1) is 11.6 Å². The van der Waals surface area contributed by atoms with Gasteiger partial charge in [0.25, 0.3) is 5.91 Å². The summed E-state index contributed by atoms with van der Waals surface area (Å²) in [7, 11) is 0. The van der Waals surface area contributed by atoms with Gasteiger partial charge in [-0.15, -0.1) is 0 Å². The maximum absolute atomic E-state index is 13.1. The van der Waals surface area contributed by atoms with E-state index >= 15 is 0 Å². The first kappa shape index (κ1) is 22.8. The predicted molar refractivity (Wildman–Crippen MR) is 125 cm³/mol. The Morgan fingerprint density at radius 1 is 0.871 bits per heavy atom. The first-order chi connectivity index (χ1) is 14.6. The normalized spacial score (nSPS) is 16.9. The van der Waals surface area contributed by atoms with E-state index < -0.39 is 17.7 Å². The number of nitrogens with zero attached hydrogens (tertiary/aromatic N) is 1. The van der Waals surface area contributed by atoms with Gasteiger partial charge in [-0.05, 0) is 46.6 Å². The van der Waals surface area contributed by atoms with E-state index in [0.717, 1.165) is 5.56 Å². The molecule has 4 nitrogen and oxygen atoms in total. The molecule has 1 N–H and O–H groups in total. The summed E-state index contributed by atoms with van der Waals surface area (Å²) in [5.41, 5.74) is 4.04. The minimum atomic E-state index is -0.634. The zero-order valence-electron chi connectivity index (χ0n) is 19.3. The molecular weight excluding hydrogens is 386 g/mol. The lowest BCUT2D eigenvalue weighted by molar-refractivity contribution is -0.118. The highest BCUT2D eigenvalue weighted by Gasteiger charge is 2.44. The zero-order chi connectivity index (χ0) is 22.9. The van der Waals surface area contributed by atoms with Gasteiger partial charge >= 0.3 is 0 Å². The van der Waals surface area contributed by atoms with Crippen LogP contribution in [-0.4, -0.2) is 16.8 Å². The molecule has 164 valence electrons. The highest BCUT2D eigenvalue weighted by atomic mass is 16.3. The van der Waals surface area contributed by atoms with E-state index in [1.165, 1.54) is 11.1 Å². The largest absolute Gasteiger partial charge is 0.503 e. The van der Waals surface area contributed by atoms with Crippen LogP contribution in [0.4, 0.5) is 5.69 Å². The Bertz CT molecular complexity index is 982. The molecular formula is C27H33NO3. The molecule has 0 aromatic heterocycles. The number of rotatable bonds is 7. The topological polar surface area (TPSA) is 57.6 Å². The van der Waals surface area contributed by atoms with Gasteiger partial charge in [-0.3, -0.25) is 14.5 Å². The Kier molecular flexibility index (Phi) is 6.68. The second-order valence-electron chi connectivity index (χ2n) is 9.43. The van der Waals surface area contributed by atoms with Gasteiger partial charge in [0.1, 0.15) is 0 Å². The SMILES string of the molecule is CC(C)CC(=O)C1=C(O)C(=O)N(c2ccc(C(C)C)cc2)C1c1ccc(C(C)C)cc1. The molecule has 1 atom stereocenters. The van der Waals surface area contributed by atoms with Gasteiger partial charge < -0.3 is 5.11 Å². The third kappa shape index (κ3) is 4.58. The molecule has 0 aliphatic carbocycles. The molecule has 0 spiro atoms. The lowest BCUT2D eigenvalue weighted by atomic mass is 9.90. The van der Waals surface area contributed by atoms with Gasteiger partial charge in [-0.25, -0.2) is 0 Å². The second kappa shape index (κ2) is 9.09. The Morgan fingerprint density at radius 3 is 1.81 bits per heavy atom. The fraction of sp³-hybridized carbons (Fsp3) is 0.407. The third-order valence-corrected chi connectivity index (χ3v) is 5.86. The van der Waals surface area contributed by atoms with Crippen molar-refractivity contribution < 1.29 is 14.7 Å². The lowest BCUT2D eigenvalue weighted by Crippen LogP contribution is -2.31. The molecule has 3 rings (SSSR count). The molecule has 0 fully saturated rings. The van der Waals surface area contributed by atoms with Crippen molar-refractivity contribution in [3.05, 3.63) is 76.6 Å². The molecule has 0 saturated heterocycles. The molecule has 31 heavy (non-hydrogen) atoms. The number of amides is 1. The van der Waals surface area contributed by atoms with Crippen LogP contribution in [0.15, 0.2) is 59.9 Å². The van der Waals surface area contributed by atoms with Crippen LogP contribution in [-0.2, 0) is 9.59 Å². The molecule has 1 aliphatic rings. The number of Topliss-reactive ketones (excluding diaryl/α,β-unsaturated/α-hetero) is 1. The molecule has 2 aromatic carbocycles. The molecule has 4 heteroatoms. The highest BCUT2D eigenvalue weighted by molar-refractivity contribution is 6.16. The second-order valence-corrected chi connectivity index (χ2v) is 9.43. The summed E-state index contributed by atoms with van der Waals surface area (Å²) < 4.78 is 0. The maximum atomic E-state index is 13.1. The van der Waals surface area contributed by atoms with Gasteiger partial charge in [0, 0.05) is 12.1 Å². The van der Waals surface area contributed by atoms with Crippen LogP contribution in [0.2, 0.25) is 0 Å². The van der Waals surface area contributed by atoms with Crippen molar-refractivity contribution in [3.8, 4) is 0 Å². The molecule has 0 bridgehead atoms. The van der Waals surface area contributed by atoms with Crippen LogP contribution < -0.4 is 4.90 Å². The summed E-state index contributed by atoms with van der Waals surface area (Å²) >= 11 is 0. The zero-order valence-corrected chi connectivity index (χ0v) is 19.3. The number of ketones is 1. The number of aliphatic hydroxyl groups excluding tert-OH is 1. The molecule has 2 aromatic rings. The molecule has 0 saturated carbocycles. The molecule has 1 amide bonds. The van der Waals surface area contributed by atoms with Crippen LogP contribution in [0.5, 0.6) is 0 Å². The Balaban J connectivity index is 2.10. The fourth-order valence-electron chi connectivity index (χ4n) is 4.04. The van der Waals surface area contributed by atoms with E-state index in [2.05, 4.69) is 27.7 Å². The van der Waals surface area contributed by atoms with Crippen molar-refractivity contribution >= 4 is 17.4 Å². The first-order valence-electron chi connectivity index (χ1n) is 11.1. The maximum Gasteiger partial charge on any atom is 0.294 e. The number of carbonyl (C=O) groups excluding carboxylic acids is 2. The predicted octanol–water partition coefficient (Wildman–Crippen LogP) is 6.45. The van der Waals surface area contributed by atoms with Crippen LogP contribution in [0.1, 0.15) is 82.5 Å². The van der Waals surface area contributed by atoms with E-state index in [0.29, 0.717) is 17.5 Å². The lowest BCUT2D eigenvalue weighted by Gasteiger charge is -2.27. The quantitative estimate of drug-likeness (QED) is 0.561.